The van der Waals surface area contributed by atoms with Gasteiger partial charge in [0, 0.05) is 21.3 Å². The van der Waals surface area contributed by atoms with Crippen molar-refractivity contribution in [2.45, 2.75) is 0 Å². The highest BCUT2D eigenvalue weighted by molar-refractivity contribution is 6.54. The Morgan fingerprint density at radius 2 is 1.51 bits per heavy atom. The number of halogens is 4. The van der Waals surface area contributed by atoms with Gasteiger partial charge in [-0.1, -0.05) is 46.4 Å². The average molecular weight is 551 g/mol. The van der Waals surface area contributed by atoms with Gasteiger partial charge in [0.15, 0.2) is 0 Å². The molecule has 35 heavy (non-hydrogen) atoms. The van der Waals surface area contributed by atoms with Crippen molar-refractivity contribution in [1.29, 1.82) is 0 Å². The molecule has 11 heteroatoms. The van der Waals surface area contributed by atoms with Crippen LogP contribution in [-0.2, 0) is 9.59 Å². The number of anilines is 3. The first-order chi connectivity index (χ1) is 16.7. The van der Waals surface area contributed by atoms with E-state index in [2.05, 4.69) is 10.6 Å². The maximum Gasteiger partial charge on any atom is 0.283 e. The number of imide groups is 1. The Balaban J connectivity index is 1.51. The highest BCUT2D eigenvalue weighted by Gasteiger charge is 2.40. The predicted molar refractivity (Wildman–Crippen MR) is 138 cm³/mol. The fraction of sp³-hybridized carbons (Fsp3) is 0.0417. The lowest BCUT2D eigenvalue weighted by atomic mass is 10.1. The van der Waals surface area contributed by atoms with Gasteiger partial charge in [-0.25, -0.2) is 4.90 Å². The number of methoxy groups -OCH3 is 1. The Morgan fingerprint density at radius 3 is 2.20 bits per heavy atom. The van der Waals surface area contributed by atoms with Crippen LogP contribution in [0.3, 0.4) is 0 Å². The van der Waals surface area contributed by atoms with Crippen molar-refractivity contribution in [1.82, 2.24) is 0 Å². The van der Waals surface area contributed by atoms with E-state index in [1.807, 2.05) is 0 Å². The lowest BCUT2D eigenvalue weighted by Gasteiger charge is -2.17. The molecule has 0 unspecified atom stereocenters. The van der Waals surface area contributed by atoms with Crippen LogP contribution in [0.15, 0.2) is 71.4 Å². The van der Waals surface area contributed by atoms with Crippen LogP contribution in [0.1, 0.15) is 10.4 Å². The van der Waals surface area contributed by atoms with Crippen molar-refractivity contribution < 1.29 is 19.1 Å². The number of rotatable bonds is 6. The van der Waals surface area contributed by atoms with E-state index >= 15 is 0 Å². The molecule has 0 fully saturated rings. The van der Waals surface area contributed by atoms with E-state index < -0.39 is 17.7 Å². The zero-order valence-electron chi connectivity index (χ0n) is 17.9. The second-order valence-corrected chi connectivity index (χ2v) is 8.89. The minimum absolute atomic E-state index is 0.118. The number of ether oxygens (including phenoxy) is 1. The average Bonchev–Trinajstić information content (AvgIpc) is 3.04. The molecule has 0 spiro atoms. The number of carbonyl (C=O) groups is 3. The maximum absolute atomic E-state index is 13.0. The summed E-state index contributed by atoms with van der Waals surface area (Å²) in [6, 6.07) is 15.5. The summed E-state index contributed by atoms with van der Waals surface area (Å²) in [5.41, 5.74) is 1.16. The van der Waals surface area contributed by atoms with E-state index in [1.54, 1.807) is 30.3 Å². The second-order valence-electron chi connectivity index (χ2n) is 7.23. The van der Waals surface area contributed by atoms with Gasteiger partial charge in [0.2, 0.25) is 0 Å². The van der Waals surface area contributed by atoms with Crippen molar-refractivity contribution in [3.05, 3.63) is 92.0 Å². The van der Waals surface area contributed by atoms with Crippen LogP contribution in [0.4, 0.5) is 17.1 Å². The van der Waals surface area contributed by atoms with Crippen molar-refractivity contribution in [2.75, 3.05) is 22.6 Å². The first-order valence-electron chi connectivity index (χ1n) is 9.95. The van der Waals surface area contributed by atoms with Gasteiger partial charge in [0.1, 0.15) is 16.5 Å². The van der Waals surface area contributed by atoms with Gasteiger partial charge in [-0.2, -0.15) is 0 Å². The van der Waals surface area contributed by atoms with Crippen LogP contribution in [0.25, 0.3) is 0 Å². The van der Waals surface area contributed by atoms with Gasteiger partial charge >= 0.3 is 0 Å². The van der Waals surface area contributed by atoms with Crippen molar-refractivity contribution in [3.8, 4) is 5.75 Å². The number of nitrogens with one attached hydrogen (secondary N) is 2. The van der Waals surface area contributed by atoms with Crippen molar-refractivity contribution in [3.63, 3.8) is 0 Å². The molecule has 0 radical (unpaired) electrons. The van der Waals surface area contributed by atoms with Gasteiger partial charge in [-0.3, -0.25) is 14.4 Å². The third-order valence-electron chi connectivity index (χ3n) is 5.00. The normalized spacial score (nSPS) is 13.3. The third-order valence-corrected chi connectivity index (χ3v) is 6.14. The second kappa shape index (κ2) is 10.2. The molecule has 7 nitrogen and oxygen atoms in total. The molecule has 0 bridgehead atoms. The summed E-state index contributed by atoms with van der Waals surface area (Å²) in [4.78, 5) is 39.2. The molecule has 1 aliphatic rings. The molecule has 0 saturated carbocycles. The Labute approximate surface area is 220 Å². The number of hydrogen-bond acceptors (Lipinski definition) is 5. The molecule has 1 aliphatic heterocycles. The molecule has 0 saturated heterocycles. The molecule has 2 N–H and O–H groups in total. The Morgan fingerprint density at radius 1 is 0.857 bits per heavy atom. The first kappa shape index (κ1) is 24.9. The summed E-state index contributed by atoms with van der Waals surface area (Å²) in [6.07, 6.45) is 0. The minimum Gasteiger partial charge on any atom is -0.495 e. The Hall–Kier alpha value is -3.23. The Bertz CT molecular complexity index is 1390. The highest BCUT2D eigenvalue weighted by Crippen LogP contribution is 2.36. The van der Waals surface area contributed by atoms with Crippen LogP contribution >= 0.6 is 46.4 Å². The van der Waals surface area contributed by atoms with E-state index in [0.29, 0.717) is 32.7 Å². The number of amides is 3. The quantitative estimate of drug-likeness (QED) is 0.349. The first-order valence-corrected chi connectivity index (χ1v) is 11.5. The molecule has 3 aromatic carbocycles. The monoisotopic (exact) mass is 549 g/mol. The van der Waals surface area contributed by atoms with Crippen LogP contribution in [0.2, 0.25) is 15.1 Å². The number of benzene rings is 3. The lowest BCUT2D eigenvalue weighted by Crippen LogP contribution is -2.32. The largest absolute Gasteiger partial charge is 0.495 e. The summed E-state index contributed by atoms with van der Waals surface area (Å²) in [7, 11) is 1.48. The maximum atomic E-state index is 13.0. The minimum atomic E-state index is -0.741. The number of hydrogen-bond donors (Lipinski definition) is 2. The fourth-order valence-corrected chi connectivity index (χ4v) is 4.06. The molecular weight excluding hydrogens is 536 g/mol. The van der Waals surface area contributed by atoms with Gasteiger partial charge < -0.3 is 15.4 Å². The molecule has 0 atom stereocenters. The van der Waals surface area contributed by atoms with E-state index in [9.17, 15) is 14.4 Å². The molecule has 0 aromatic heterocycles. The van der Waals surface area contributed by atoms with Gasteiger partial charge in [-0.15, -0.1) is 0 Å². The molecule has 3 amide bonds. The van der Waals surface area contributed by atoms with Crippen LogP contribution < -0.4 is 20.3 Å². The Kier molecular flexibility index (Phi) is 7.23. The molecule has 1 heterocycles. The van der Waals surface area contributed by atoms with Gasteiger partial charge in [0.05, 0.1) is 23.5 Å². The predicted octanol–water partition coefficient (Wildman–Crippen LogP) is 6.34. The molecule has 4 rings (SSSR count). The van der Waals surface area contributed by atoms with E-state index in [-0.39, 0.29) is 21.4 Å². The van der Waals surface area contributed by atoms with Crippen molar-refractivity contribution in [2.24, 2.45) is 0 Å². The smallest absolute Gasteiger partial charge is 0.283 e. The number of carbonyl (C=O) groups excluding carboxylic acids is 3. The number of nitrogens with zero attached hydrogens (tertiary/aromatic N) is 1. The summed E-state index contributed by atoms with van der Waals surface area (Å²) >= 11 is 24.3. The van der Waals surface area contributed by atoms with E-state index in [0.717, 1.165) is 4.90 Å². The fourth-order valence-electron chi connectivity index (χ4n) is 3.31. The summed E-state index contributed by atoms with van der Waals surface area (Å²) < 4.78 is 5.23. The summed E-state index contributed by atoms with van der Waals surface area (Å²) in [6.45, 7) is 0. The van der Waals surface area contributed by atoms with Crippen LogP contribution in [0.5, 0.6) is 5.75 Å². The summed E-state index contributed by atoms with van der Waals surface area (Å²) in [5.74, 6) is -1.38. The van der Waals surface area contributed by atoms with Gasteiger partial charge in [-0.05, 0) is 60.7 Å². The van der Waals surface area contributed by atoms with Crippen molar-refractivity contribution >= 4 is 81.2 Å². The molecule has 0 aliphatic carbocycles. The zero-order valence-corrected chi connectivity index (χ0v) is 20.9. The van der Waals surface area contributed by atoms with Gasteiger partial charge in [0.25, 0.3) is 17.7 Å². The van der Waals surface area contributed by atoms with Crippen LogP contribution in [-0.4, -0.2) is 24.8 Å². The third kappa shape index (κ3) is 5.09. The molecular formula is C24H15Cl4N3O4. The molecule has 178 valence electrons. The standard InChI is InChI=1S/C24H15Cl4N3O4/c1-35-19-9-5-13(25)10-17(19)30-22(32)12-2-6-15(7-3-12)29-21-20(28)23(33)31(24(21)34)18-11-14(26)4-8-16(18)27/h2-11,29H,1H3,(H,30,32). The van der Waals surface area contributed by atoms with E-state index in [4.69, 9.17) is 51.1 Å². The topological polar surface area (TPSA) is 87.7 Å². The van der Waals surface area contributed by atoms with Crippen LogP contribution in [0, 0.1) is 0 Å². The highest BCUT2D eigenvalue weighted by atomic mass is 35.5. The summed E-state index contributed by atoms with van der Waals surface area (Å²) in [5, 5.41) is 6.17. The SMILES string of the molecule is COc1ccc(Cl)cc1NC(=O)c1ccc(NC2=C(Cl)C(=O)N(c3cc(Cl)ccc3Cl)C2=O)cc1. The lowest BCUT2D eigenvalue weighted by molar-refractivity contribution is -0.120. The van der Waals surface area contributed by atoms with E-state index in [1.165, 1.54) is 37.4 Å². The zero-order chi connectivity index (χ0) is 25.3. The molecule has 3 aromatic rings.